The van der Waals surface area contributed by atoms with Gasteiger partial charge in [0.1, 0.15) is 0 Å². The summed E-state index contributed by atoms with van der Waals surface area (Å²) in [6, 6.07) is 10.5. The molecule has 8 nitrogen and oxygen atoms in total. The van der Waals surface area contributed by atoms with Crippen LogP contribution in [-0.2, 0) is 35.3 Å². The largest absolute Gasteiger partial charge is 0.481 e. The number of amides is 2. The number of carboxylic acids is 1. The van der Waals surface area contributed by atoms with E-state index in [-0.39, 0.29) is 53.2 Å². The topological polar surface area (TPSA) is 105 Å². The third kappa shape index (κ3) is 5.43. The maximum absolute atomic E-state index is 16.2. The van der Waals surface area contributed by atoms with Crippen LogP contribution in [0, 0.1) is 0 Å². The summed E-state index contributed by atoms with van der Waals surface area (Å²) >= 11 is 14.1. The van der Waals surface area contributed by atoms with Crippen molar-refractivity contribution in [2.24, 2.45) is 7.05 Å². The van der Waals surface area contributed by atoms with E-state index in [2.05, 4.69) is 10.3 Å². The minimum atomic E-state index is -2.08. The number of nitrogens with zero attached hydrogens (tertiary/aromatic N) is 3. The van der Waals surface area contributed by atoms with Crippen LogP contribution in [0.4, 0.5) is 10.1 Å². The first kappa shape index (κ1) is 28.1. The molecule has 208 valence electrons. The first-order valence-electron chi connectivity index (χ1n) is 12.6. The Bertz CT molecular complexity index is 1640. The normalized spacial score (nSPS) is 16.9. The minimum Gasteiger partial charge on any atom is -0.481 e. The molecule has 0 aliphatic carbocycles. The number of aliphatic carboxylic acids is 1. The van der Waals surface area contributed by atoms with Crippen molar-refractivity contribution in [3.8, 4) is 0 Å². The summed E-state index contributed by atoms with van der Waals surface area (Å²) in [5, 5.41) is 13.0. The van der Waals surface area contributed by atoms with E-state index < -0.39 is 17.7 Å². The zero-order valence-corrected chi connectivity index (χ0v) is 23.7. The van der Waals surface area contributed by atoms with Crippen molar-refractivity contribution in [2.75, 3.05) is 11.9 Å². The monoisotopic (exact) mass is 602 g/mol. The fourth-order valence-electron chi connectivity index (χ4n) is 4.95. The van der Waals surface area contributed by atoms with E-state index in [1.54, 1.807) is 6.20 Å². The molecule has 0 spiro atoms. The van der Waals surface area contributed by atoms with Gasteiger partial charge in [-0.15, -0.1) is 11.3 Å². The van der Waals surface area contributed by atoms with Gasteiger partial charge in [-0.3, -0.25) is 14.4 Å². The lowest BCUT2D eigenvalue weighted by Crippen LogP contribution is -2.42. The molecule has 2 N–H and O–H groups in total. The van der Waals surface area contributed by atoms with Gasteiger partial charge in [0.2, 0.25) is 11.7 Å². The van der Waals surface area contributed by atoms with Gasteiger partial charge in [0.25, 0.3) is 5.91 Å². The molecule has 40 heavy (non-hydrogen) atoms. The van der Waals surface area contributed by atoms with Gasteiger partial charge < -0.3 is 19.9 Å². The van der Waals surface area contributed by atoms with Crippen LogP contribution in [0.5, 0.6) is 0 Å². The number of para-hydroxylation sites is 1. The lowest BCUT2D eigenvalue weighted by molar-refractivity contribution is -0.142. The quantitative estimate of drug-likeness (QED) is 0.234. The number of thiazole rings is 1. The highest BCUT2D eigenvalue weighted by Crippen LogP contribution is 2.43. The van der Waals surface area contributed by atoms with Gasteiger partial charge >= 0.3 is 5.97 Å². The second kappa shape index (κ2) is 11.2. The number of likely N-dealkylation sites (tertiary alicyclic amines) is 1. The Kier molecular flexibility index (Phi) is 7.85. The van der Waals surface area contributed by atoms with Gasteiger partial charge in [-0.05, 0) is 36.6 Å². The van der Waals surface area contributed by atoms with Crippen molar-refractivity contribution in [3.63, 3.8) is 0 Å². The first-order chi connectivity index (χ1) is 19.1. The number of alkyl halides is 1. The van der Waals surface area contributed by atoms with Crippen molar-refractivity contribution < 1.29 is 23.9 Å². The summed E-state index contributed by atoms with van der Waals surface area (Å²) in [5.74, 6) is -3.86. The van der Waals surface area contributed by atoms with Crippen molar-refractivity contribution in [1.29, 1.82) is 0 Å². The summed E-state index contributed by atoms with van der Waals surface area (Å²) in [4.78, 5) is 43.2. The maximum atomic E-state index is 16.2. The van der Waals surface area contributed by atoms with Crippen molar-refractivity contribution >= 4 is 68.9 Å². The standard InChI is InChI=1S/C28H25Cl2FN4O4S/c1-34-15-19(18-5-2-3-6-23(18)34)26(39)33-22-13-20(29)16(11-21(22)30)12-24(36)35-10-4-9-28(35,31)27-32-14-17(40-27)7-8-25(37)38/h2-3,5-6,11,13-15H,4,7-10,12H2,1H3,(H,33,39)(H,37,38)/t28-/m1/s1. The minimum absolute atomic E-state index is 0.0821. The molecular formula is C28H25Cl2FN4O4S. The SMILES string of the molecule is Cn1cc(C(=O)Nc2cc(Cl)c(CC(=O)N3CCC[C@]3(F)c3ncc(CCC(=O)O)s3)cc2Cl)c2ccccc21. The molecule has 1 saturated heterocycles. The summed E-state index contributed by atoms with van der Waals surface area (Å²) in [5.41, 5.74) is 2.07. The van der Waals surface area contributed by atoms with Gasteiger partial charge in [0.05, 0.1) is 29.1 Å². The predicted octanol–water partition coefficient (Wildman–Crippen LogP) is 6.20. The number of halogens is 3. The highest BCUT2D eigenvalue weighted by Gasteiger charge is 2.47. The van der Waals surface area contributed by atoms with Crippen LogP contribution in [0.15, 0.2) is 48.8 Å². The number of carbonyl (C=O) groups is 3. The molecule has 0 radical (unpaired) electrons. The smallest absolute Gasteiger partial charge is 0.303 e. The molecule has 4 aromatic rings. The number of anilines is 1. The Labute approximate surface area is 243 Å². The number of aryl methyl sites for hydroxylation is 2. The number of hydrogen-bond acceptors (Lipinski definition) is 5. The van der Waals surface area contributed by atoms with E-state index in [0.717, 1.165) is 27.1 Å². The Morgan fingerprint density at radius 2 is 1.98 bits per heavy atom. The molecule has 1 aliphatic heterocycles. The Balaban J connectivity index is 1.31. The molecule has 1 aliphatic rings. The summed E-state index contributed by atoms with van der Waals surface area (Å²) in [6.07, 6.45) is 3.72. The first-order valence-corrected chi connectivity index (χ1v) is 14.1. The van der Waals surface area contributed by atoms with Crippen LogP contribution < -0.4 is 5.32 Å². The Hall–Kier alpha value is -3.47. The van der Waals surface area contributed by atoms with Crippen LogP contribution in [0.3, 0.4) is 0 Å². The van der Waals surface area contributed by atoms with E-state index >= 15 is 4.39 Å². The van der Waals surface area contributed by atoms with E-state index in [0.29, 0.717) is 28.1 Å². The molecule has 2 aromatic heterocycles. The molecule has 0 saturated carbocycles. The number of carbonyl (C=O) groups excluding carboxylic acids is 2. The number of aromatic nitrogens is 2. The molecule has 1 fully saturated rings. The predicted molar refractivity (Wildman–Crippen MR) is 153 cm³/mol. The van der Waals surface area contributed by atoms with Crippen molar-refractivity contribution in [3.05, 3.63) is 79.8 Å². The average molecular weight is 604 g/mol. The summed E-state index contributed by atoms with van der Waals surface area (Å²) in [6.45, 7) is 0.212. The van der Waals surface area contributed by atoms with Crippen LogP contribution in [-0.4, -0.2) is 43.9 Å². The number of hydrogen-bond donors (Lipinski definition) is 2. The molecule has 2 amide bonds. The van der Waals surface area contributed by atoms with Crippen molar-refractivity contribution in [2.45, 2.75) is 37.9 Å². The van der Waals surface area contributed by atoms with E-state index in [4.69, 9.17) is 28.3 Å². The second-order valence-corrected chi connectivity index (χ2v) is 11.6. The lowest BCUT2D eigenvalue weighted by Gasteiger charge is -2.29. The Morgan fingerprint density at radius 3 is 2.75 bits per heavy atom. The second-order valence-electron chi connectivity index (χ2n) is 9.66. The van der Waals surface area contributed by atoms with Crippen LogP contribution >= 0.6 is 34.5 Å². The molecule has 1 atom stereocenters. The van der Waals surface area contributed by atoms with Gasteiger partial charge in [-0.2, -0.15) is 0 Å². The summed E-state index contributed by atoms with van der Waals surface area (Å²) in [7, 11) is 1.86. The fourth-order valence-corrected chi connectivity index (χ4v) is 6.44. The van der Waals surface area contributed by atoms with Crippen LogP contribution in [0.25, 0.3) is 10.9 Å². The number of rotatable bonds is 8. The number of fused-ring (bicyclic) bond motifs is 1. The van der Waals surface area contributed by atoms with Gasteiger partial charge in [0.15, 0.2) is 5.01 Å². The third-order valence-electron chi connectivity index (χ3n) is 6.95. The van der Waals surface area contributed by atoms with E-state index in [1.165, 1.54) is 18.3 Å². The molecule has 0 unspecified atom stereocenters. The van der Waals surface area contributed by atoms with E-state index in [1.807, 2.05) is 35.9 Å². The van der Waals surface area contributed by atoms with Gasteiger partial charge in [-0.25, -0.2) is 9.37 Å². The van der Waals surface area contributed by atoms with Gasteiger partial charge in [-0.1, -0.05) is 41.4 Å². The molecule has 2 aromatic carbocycles. The number of nitrogens with one attached hydrogen (secondary N) is 1. The molecular weight excluding hydrogens is 578 g/mol. The molecule has 5 rings (SSSR count). The zero-order chi connectivity index (χ0) is 28.6. The Morgan fingerprint density at radius 1 is 1.20 bits per heavy atom. The lowest BCUT2D eigenvalue weighted by atomic mass is 10.1. The fraction of sp³-hybridized carbons (Fsp3) is 0.286. The van der Waals surface area contributed by atoms with Crippen LogP contribution in [0.1, 0.15) is 45.1 Å². The molecule has 12 heteroatoms. The maximum Gasteiger partial charge on any atom is 0.303 e. The van der Waals surface area contributed by atoms with Crippen LogP contribution in [0.2, 0.25) is 10.0 Å². The number of benzene rings is 2. The third-order valence-corrected chi connectivity index (χ3v) is 8.80. The van der Waals surface area contributed by atoms with Crippen molar-refractivity contribution in [1.82, 2.24) is 14.5 Å². The number of carboxylic acid groups (broad SMARTS) is 1. The van der Waals surface area contributed by atoms with Gasteiger partial charge in [0, 0.05) is 53.2 Å². The highest BCUT2D eigenvalue weighted by atomic mass is 35.5. The van der Waals surface area contributed by atoms with E-state index in [9.17, 15) is 14.4 Å². The molecule has 3 heterocycles. The highest BCUT2D eigenvalue weighted by molar-refractivity contribution is 7.11. The summed E-state index contributed by atoms with van der Waals surface area (Å²) < 4.78 is 18.0. The molecule has 0 bridgehead atoms. The zero-order valence-electron chi connectivity index (χ0n) is 21.4. The average Bonchev–Trinajstić information content (AvgIpc) is 3.64.